The van der Waals surface area contributed by atoms with Crippen LogP contribution in [0.15, 0.2) is 47.6 Å². The first-order valence-electron chi connectivity index (χ1n) is 8.90. The molecule has 8 heteroatoms. The summed E-state index contributed by atoms with van der Waals surface area (Å²) in [5, 5.41) is 12.1. The molecule has 3 rings (SSSR count). The van der Waals surface area contributed by atoms with Crippen LogP contribution in [-0.4, -0.2) is 45.0 Å². The second-order valence-electron chi connectivity index (χ2n) is 6.13. The van der Waals surface area contributed by atoms with Gasteiger partial charge in [-0.3, -0.25) is 4.79 Å². The number of rotatable bonds is 8. The number of ether oxygens (including phenoxy) is 2. The van der Waals surface area contributed by atoms with Crippen LogP contribution in [-0.2, 0) is 0 Å². The smallest absolute Gasteiger partial charge is 0.214 e. The Bertz CT molecular complexity index is 956. The highest BCUT2D eigenvalue weighted by atomic mass is 32.2. The Hall–Kier alpha value is -2.87. The molecule has 1 aromatic heterocycles. The molecule has 0 N–H and O–H groups in total. The van der Waals surface area contributed by atoms with E-state index in [1.54, 1.807) is 36.1 Å². The maximum Gasteiger partial charge on any atom is 0.214 e. The molecule has 0 saturated heterocycles. The predicted octanol–water partition coefficient (Wildman–Crippen LogP) is 3.74. The highest BCUT2D eigenvalue weighted by Crippen LogP contribution is 2.30. The Balaban J connectivity index is 1.80. The van der Waals surface area contributed by atoms with E-state index in [-0.39, 0.29) is 11.0 Å². The fourth-order valence-electron chi connectivity index (χ4n) is 2.70. The molecular weight excluding hydrogens is 376 g/mol. The average Bonchev–Trinajstić information content (AvgIpc) is 3.16. The maximum atomic E-state index is 12.8. The minimum absolute atomic E-state index is 0.00111. The molecule has 1 heterocycles. The van der Waals surface area contributed by atoms with Gasteiger partial charge in [0.05, 0.1) is 19.0 Å². The lowest BCUT2D eigenvalue weighted by atomic mass is 10.1. The molecule has 0 radical (unpaired) electrons. The van der Waals surface area contributed by atoms with Crippen LogP contribution in [0.25, 0.3) is 5.69 Å². The number of carbonyl (C=O) groups is 1. The Morgan fingerprint density at radius 2 is 1.96 bits per heavy atom. The maximum absolute atomic E-state index is 12.8. The van der Waals surface area contributed by atoms with E-state index < -0.39 is 0 Å². The minimum Gasteiger partial charge on any atom is -0.494 e. The topological polar surface area (TPSA) is 79.1 Å². The molecule has 0 bridgehead atoms. The molecule has 0 aliphatic rings. The van der Waals surface area contributed by atoms with Crippen molar-refractivity contribution in [3.8, 4) is 17.2 Å². The lowest BCUT2D eigenvalue weighted by molar-refractivity contribution is 0.0994. The molecular formula is C20H22N4O3S. The van der Waals surface area contributed by atoms with Crippen LogP contribution >= 0.6 is 11.8 Å². The molecule has 2 aromatic carbocycles. The summed E-state index contributed by atoms with van der Waals surface area (Å²) in [7, 11) is 1.60. The number of hydrogen-bond acceptors (Lipinski definition) is 7. The van der Waals surface area contributed by atoms with E-state index in [9.17, 15) is 4.79 Å². The summed E-state index contributed by atoms with van der Waals surface area (Å²) >= 11 is 1.30. The number of tetrazole rings is 1. The van der Waals surface area contributed by atoms with Gasteiger partial charge in [-0.15, -0.1) is 5.10 Å². The first-order valence-corrected chi connectivity index (χ1v) is 9.78. The zero-order valence-corrected chi connectivity index (χ0v) is 17.1. The third-order valence-electron chi connectivity index (χ3n) is 4.10. The van der Waals surface area contributed by atoms with E-state index in [2.05, 4.69) is 15.5 Å². The van der Waals surface area contributed by atoms with Crippen molar-refractivity contribution in [3.63, 3.8) is 0 Å². The first-order chi connectivity index (χ1) is 13.5. The zero-order valence-electron chi connectivity index (χ0n) is 16.2. The summed E-state index contributed by atoms with van der Waals surface area (Å²) in [6, 6.07) is 12.9. The summed E-state index contributed by atoms with van der Waals surface area (Å²) in [6.45, 7) is 6.34. The predicted molar refractivity (Wildman–Crippen MR) is 108 cm³/mol. The van der Waals surface area contributed by atoms with Crippen LogP contribution in [0.3, 0.4) is 0 Å². The summed E-state index contributed by atoms with van der Waals surface area (Å²) < 4.78 is 12.4. The van der Waals surface area contributed by atoms with Crippen LogP contribution in [0, 0.1) is 6.92 Å². The SMILES string of the molecule is CCOc1ccc(C(=O)[C@@H](C)Sc2nnnn2-c2cc(C)ccc2OC)cc1. The normalized spacial score (nSPS) is 11.9. The van der Waals surface area contributed by atoms with E-state index >= 15 is 0 Å². The van der Waals surface area contributed by atoms with Gasteiger partial charge in [0, 0.05) is 5.56 Å². The van der Waals surface area contributed by atoms with Crippen molar-refractivity contribution in [2.24, 2.45) is 0 Å². The van der Waals surface area contributed by atoms with Gasteiger partial charge in [0.25, 0.3) is 0 Å². The quantitative estimate of drug-likeness (QED) is 0.422. The van der Waals surface area contributed by atoms with Gasteiger partial charge in [-0.25, -0.2) is 0 Å². The second kappa shape index (κ2) is 8.88. The van der Waals surface area contributed by atoms with Crippen molar-refractivity contribution >= 4 is 17.5 Å². The van der Waals surface area contributed by atoms with Gasteiger partial charge >= 0.3 is 0 Å². The zero-order chi connectivity index (χ0) is 20.1. The molecule has 0 amide bonds. The van der Waals surface area contributed by atoms with Crippen LogP contribution in [0.5, 0.6) is 11.5 Å². The summed E-state index contributed by atoms with van der Waals surface area (Å²) in [5.74, 6) is 1.40. The summed E-state index contributed by atoms with van der Waals surface area (Å²) in [4.78, 5) is 12.8. The van der Waals surface area contributed by atoms with Gasteiger partial charge in [0.1, 0.15) is 17.2 Å². The van der Waals surface area contributed by atoms with E-state index in [4.69, 9.17) is 9.47 Å². The molecule has 0 aliphatic heterocycles. The van der Waals surface area contributed by atoms with E-state index in [1.807, 2.05) is 39.0 Å². The third kappa shape index (κ3) is 4.33. The molecule has 1 atom stereocenters. The van der Waals surface area contributed by atoms with Crippen molar-refractivity contribution in [1.29, 1.82) is 0 Å². The Kier molecular flexibility index (Phi) is 6.30. The van der Waals surface area contributed by atoms with Gasteiger partial charge in [-0.05, 0) is 73.2 Å². The van der Waals surface area contributed by atoms with E-state index in [0.717, 1.165) is 17.0 Å². The van der Waals surface area contributed by atoms with Crippen LogP contribution in [0.4, 0.5) is 0 Å². The highest BCUT2D eigenvalue weighted by molar-refractivity contribution is 8.00. The summed E-state index contributed by atoms with van der Waals surface area (Å²) in [6.07, 6.45) is 0. The number of hydrogen-bond donors (Lipinski definition) is 0. The van der Waals surface area contributed by atoms with Gasteiger partial charge in [0.15, 0.2) is 5.78 Å². The molecule has 3 aromatic rings. The van der Waals surface area contributed by atoms with E-state index in [0.29, 0.717) is 23.1 Å². The first kappa shape index (κ1) is 19.9. The number of aryl methyl sites for hydroxylation is 1. The monoisotopic (exact) mass is 398 g/mol. The van der Waals surface area contributed by atoms with Crippen LogP contribution < -0.4 is 9.47 Å². The molecule has 0 saturated carbocycles. The lowest BCUT2D eigenvalue weighted by Crippen LogP contribution is -2.15. The van der Waals surface area contributed by atoms with Crippen molar-refractivity contribution < 1.29 is 14.3 Å². The van der Waals surface area contributed by atoms with E-state index in [1.165, 1.54) is 11.8 Å². The van der Waals surface area contributed by atoms with Crippen LogP contribution in [0.1, 0.15) is 29.8 Å². The number of ketones is 1. The number of carbonyl (C=O) groups excluding carboxylic acids is 1. The van der Waals surface area contributed by atoms with Gasteiger partial charge in [-0.2, -0.15) is 4.68 Å². The standard InChI is InChI=1S/C20H22N4O3S/c1-5-27-16-9-7-15(8-10-16)19(25)14(3)28-20-21-22-23-24(20)17-12-13(2)6-11-18(17)26-4/h6-12,14H,5H2,1-4H3/t14-/m1/s1. The molecule has 28 heavy (non-hydrogen) atoms. The number of methoxy groups -OCH3 is 1. The fraction of sp³-hybridized carbons (Fsp3) is 0.300. The average molecular weight is 398 g/mol. The third-order valence-corrected chi connectivity index (χ3v) is 5.14. The minimum atomic E-state index is -0.363. The van der Waals surface area contributed by atoms with Gasteiger partial charge < -0.3 is 9.47 Å². The molecule has 7 nitrogen and oxygen atoms in total. The van der Waals surface area contributed by atoms with Gasteiger partial charge in [0.2, 0.25) is 5.16 Å². The molecule has 0 unspecified atom stereocenters. The summed E-state index contributed by atoms with van der Waals surface area (Å²) in [5.41, 5.74) is 2.41. The molecule has 0 fully saturated rings. The van der Waals surface area contributed by atoms with Crippen molar-refractivity contribution in [2.75, 3.05) is 13.7 Å². The Morgan fingerprint density at radius 3 is 2.64 bits per heavy atom. The van der Waals surface area contributed by atoms with Crippen molar-refractivity contribution in [2.45, 2.75) is 31.2 Å². The number of thioether (sulfide) groups is 1. The number of Topliss-reactive ketones (excluding diaryl/α,β-unsaturated/α-hetero) is 1. The number of aromatic nitrogens is 4. The largest absolute Gasteiger partial charge is 0.494 e. The molecule has 0 spiro atoms. The number of benzene rings is 2. The lowest BCUT2D eigenvalue weighted by Gasteiger charge is -2.13. The van der Waals surface area contributed by atoms with Crippen molar-refractivity contribution in [3.05, 3.63) is 53.6 Å². The highest BCUT2D eigenvalue weighted by Gasteiger charge is 2.21. The van der Waals surface area contributed by atoms with Gasteiger partial charge in [-0.1, -0.05) is 17.8 Å². The molecule has 146 valence electrons. The van der Waals surface area contributed by atoms with Crippen molar-refractivity contribution in [1.82, 2.24) is 20.2 Å². The second-order valence-corrected chi connectivity index (χ2v) is 7.44. The number of nitrogens with zero attached hydrogens (tertiary/aromatic N) is 4. The Morgan fingerprint density at radius 1 is 1.21 bits per heavy atom. The molecule has 0 aliphatic carbocycles. The van der Waals surface area contributed by atoms with Crippen LogP contribution in [0.2, 0.25) is 0 Å². The fourth-order valence-corrected chi connectivity index (χ4v) is 3.58. The Labute approximate surface area is 168 Å².